The fraction of sp³-hybridized carbons (Fsp3) is 0.679. The molecule has 2 atom stereocenters. The van der Waals surface area contributed by atoms with Crippen LogP contribution in [0.1, 0.15) is 88.9 Å². The molecule has 1 aromatic rings. The molecule has 0 aromatic heterocycles. The first-order valence-electron chi connectivity index (χ1n) is 13.4. The van der Waals surface area contributed by atoms with Crippen LogP contribution in [-0.2, 0) is 4.79 Å². The smallest absolute Gasteiger partial charge is 0.319 e. The van der Waals surface area contributed by atoms with Gasteiger partial charge in [-0.25, -0.2) is 4.79 Å². The fourth-order valence-corrected chi connectivity index (χ4v) is 8.43. The van der Waals surface area contributed by atoms with E-state index in [9.17, 15) is 14.4 Å². The van der Waals surface area contributed by atoms with Crippen molar-refractivity contribution in [2.24, 2.45) is 16.7 Å². The predicted molar refractivity (Wildman–Crippen MR) is 136 cm³/mol. The van der Waals surface area contributed by atoms with Gasteiger partial charge in [0, 0.05) is 42.3 Å². The summed E-state index contributed by atoms with van der Waals surface area (Å²) in [7, 11) is 0. The van der Waals surface area contributed by atoms with Gasteiger partial charge in [0.25, 0.3) is 5.91 Å². The number of carbonyl (C=O) groups excluding carboxylic acids is 3. The summed E-state index contributed by atoms with van der Waals surface area (Å²) in [6.45, 7) is 7.93. The maximum Gasteiger partial charge on any atom is 0.319 e. The number of nitrogens with one attached hydrogen (secondary N) is 3. The van der Waals surface area contributed by atoms with Crippen molar-refractivity contribution in [3.05, 3.63) is 29.8 Å². The zero-order chi connectivity index (χ0) is 24.8. The molecule has 1 aromatic carbocycles. The molecule has 5 fully saturated rings. The molecule has 4 amide bonds. The molecule has 1 saturated heterocycles. The number of amides is 4. The lowest BCUT2D eigenvalue weighted by atomic mass is 9.43. The first kappa shape index (κ1) is 24.1. The predicted octanol–water partition coefficient (Wildman–Crippen LogP) is 4.69. The first-order chi connectivity index (χ1) is 16.6. The fourth-order valence-electron chi connectivity index (χ4n) is 8.43. The van der Waals surface area contributed by atoms with Crippen molar-refractivity contribution in [2.45, 2.75) is 90.1 Å². The normalized spacial score (nSPS) is 33.9. The number of rotatable bonds is 5. The summed E-state index contributed by atoms with van der Waals surface area (Å²) in [5, 5.41) is 9.40. The van der Waals surface area contributed by atoms with Crippen molar-refractivity contribution >= 4 is 23.5 Å². The van der Waals surface area contributed by atoms with Gasteiger partial charge in [-0.2, -0.15) is 0 Å². The molecule has 35 heavy (non-hydrogen) atoms. The number of hydrogen-bond acceptors (Lipinski definition) is 3. The van der Waals surface area contributed by atoms with Crippen LogP contribution in [-0.4, -0.2) is 47.4 Å². The van der Waals surface area contributed by atoms with Crippen molar-refractivity contribution in [1.29, 1.82) is 0 Å². The lowest BCUT2D eigenvalue weighted by Gasteiger charge is -2.65. The molecule has 2 unspecified atom stereocenters. The molecule has 0 spiro atoms. The van der Waals surface area contributed by atoms with Crippen LogP contribution in [0.15, 0.2) is 24.3 Å². The van der Waals surface area contributed by atoms with Crippen LogP contribution in [0, 0.1) is 16.7 Å². The van der Waals surface area contributed by atoms with Crippen molar-refractivity contribution in [3.8, 4) is 0 Å². The third kappa shape index (κ3) is 5.05. The number of nitrogens with zero attached hydrogens (tertiary/aromatic N) is 1. The molecule has 4 saturated carbocycles. The molecule has 5 aliphatic rings. The highest BCUT2D eigenvalue weighted by atomic mass is 16.2. The second kappa shape index (κ2) is 8.82. The van der Waals surface area contributed by atoms with E-state index in [1.54, 1.807) is 12.1 Å². The molecule has 0 radical (unpaired) electrons. The van der Waals surface area contributed by atoms with Crippen molar-refractivity contribution in [1.82, 2.24) is 15.5 Å². The number of benzene rings is 1. The van der Waals surface area contributed by atoms with E-state index >= 15 is 0 Å². The summed E-state index contributed by atoms with van der Waals surface area (Å²) in [4.78, 5) is 39.4. The highest BCUT2D eigenvalue weighted by Crippen LogP contribution is 2.66. The first-order valence-corrected chi connectivity index (χ1v) is 13.4. The highest BCUT2D eigenvalue weighted by Gasteiger charge is 2.60. The van der Waals surface area contributed by atoms with E-state index in [4.69, 9.17) is 0 Å². The molecule has 4 aliphatic carbocycles. The topological polar surface area (TPSA) is 90.5 Å². The SMILES string of the molecule is CCC(=O)NC1CCN(C(=O)c2ccc(NC(=O)NC34CC5CC(C)(CC(C)(C5)C3)C4)cc2)CC1. The number of hydrogen-bond donors (Lipinski definition) is 3. The number of likely N-dealkylation sites (tertiary alicyclic amines) is 1. The lowest BCUT2D eigenvalue weighted by molar-refractivity contribution is -0.121. The average molecular weight is 481 g/mol. The highest BCUT2D eigenvalue weighted by molar-refractivity contribution is 5.95. The van der Waals surface area contributed by atoms with E-state index in [0.717, 1.165) is 38.0 Å². The Morgan fingerprint density at radius 1 is 0.943 bits per heavy atom. The molecule has 1 heterocycles. The van der Waals surface area contributed by atoms with E-state index < -0.39 is 0 Å². The maximum absolute atomic E-state index is 13.0. The molecule has 7 heteroatoms. The van der Waals surface area contributed by atoms with Gasteiger partial charge in [-0.15, -0.1) is 0 Å². The largest absolute Gasteiger partial charge is 0.353 e. The quantitative estimate of drug-likeness (QED) is 0.571. The van der Waals surface area contributed by atoms with Gasteiger partial charge in [-0.3, -0.25) is 9.59 Å². The van der Waals surface area contributed by atoms with Gasteiger partial charge in [-0.05, 0) is 92.4 Å². The number of anilines is 1. The Morgan fingerprint density at radius 3 is 2.14 bits per heavy atom. The summed E-state index contributed by atoms with van der Waals surface area (Å²) >= 11 is 0. The van der Waals surface area contributed by atoms with E-state index in [0.29, 0.717) is 41.6 Å². The minimum Gasteiger partial charge on any atom is -0.353 e. The summed E-state index contributed by atoms with van der Waals surface area (Å²) in [5.74, 6) is 0.782. The zero-order valence-corrected chi connectivity index (χ0v) is 21.4. The van der Waals surface area contributed by atoms with Crippen LogP contribution in [0.4, 0.5) is 10.5 Å². The number of urea groups is 1. The molecular weight excluding hydrogens is 440 g/mol. The van der Waals surface area contributed by atoms with E-state index in [-0.39, 0.29) is 29.4 Å². The second-order valence-corrected chi connectivity index (χ2v) is 12.6. The van der Waals surface area contributed by atoms with E-state index in [1.807, 2.05) is 24.0 Å². The molecule has 4 bridgehead atoms. The lowest BCUT2D eigenvalue weighted by Crippen LogP contribution is -2.65. The monoisotopic (exact) mass is 480 g/mol. The van der Waals surface area contributed by atoms with Gasteiger partial charge in [0.05, 0.1) is 0 Å². The van der Waals surface area contributed by atoms with Gasteiger partial charge in [0.1, 0.15) is 0 Å². The van der Waals surface area contributed by atoms with Crippen molar-refractivity contribution < 1.29 is 14.4 Å². The molecule has 1 aliphatic heterocycles. The summed E-state index contributed by atoms with van der Waals surface area (Å²) in [6.07, 6.45) is 9.16. The molecule has 190 valence electrons. The maximum atomic E-state index is 13.0. The summed E-state index contributed by atoms with van der Waals surface area (Å²) in [5.41, 5.74) is 1.92. The van der Waals surface area contributed by atoms with Crippen LogP contribution in [0.5, 0.6) is 0 Å². The minimum absolute atomic E-state index is 0.00340. The van der Waals surface area contributed by atoms with Gasteiger partial charge in [-0.1, -0.05) is 20.8 Å². The van der Waals surface area contributed by atoms with Crippen LogP contribution in [0.25, 0.3) is 0 Å². The standard InChI is InChI=1S/C28H40N4O3/c1-4-23(33)29-22-9-11-32(12-10-22)24(34)20-5-7-21(8-6-20)30-25(35)31-28-15-19-13-26(2,17-28)16-27(3,14-19)18-28/h5-8,19,22H,4,9-18H2,1-3H3,(H,29,33)(H2,30,31,35). The van der Waals surface area contributed by atoms with Crippen LogP contribution in [0.2, 0.25) is 0 Å². The third-order valence-electron chi connectivity index (χ3n) is 8.86. The Morgan fingerprint density at radius 2 is 1.57 bits per heavy atom. The van der Waals surface area contributed by atoms with Gasteiger partial charge in [0.2, 0.25) is 5.91 Å². The second-order valence-electron chi connectivity index (χ2n) is 12.6. The zero-order valence-electron chi connectivity index (χ0n) is 21.4. The van der Waals surface area contributed by atoms with Crippen LogP contribution < -0.4 is 16.0 Å². The Labute approximate surface area is 208 Å². The van der Waals surface area contributed by atoms with E-state index in [2.05, 4.69) is 29.8 Å². The third-order valence-corrected chi connectivity index (χ3v) is 8.86. The van der Waals surface area contributed by atoms with Gasteiger partial charge in [0.15, 0.2) is 0 Å². The van der Waals surface area contributed by atoms with Gasteiger partial charge >= 0.3 is 6.03 Å². The minimum atomic E-state index is -0.144. The molecule has 7 nitrogen and oxygen atoms in total. The van der Waals surface area contributed by atoms with E-state index in [1.165, 1.54) is 19.3 Å². The van der Waals surface area contributed by atoms with Crippen molar-refractivity contribution in [3.63, 3.8) is 0 Å². The Balaban J connectivity index is 1.15. The molecular formula is C28H40N4O3. The number of carbonyl (C=O) groups is 3. The number of piperidine rings is 1. The molecule has 3 N–H and O–H groups in total. The summed E-state index contributed by atoms with van der Waals surface area (Å²) in [6, 6.07) is 7.20. The van der Waals surface area contributed by atoms with Crippen LogP contribution in [0.3, 0.4) is 0 Å². The molecule has 6 rings (SSSR count). The van der Waals surface area contributed by atoms with Crippen molar-refractivity contribution in [2.75, 3.05) is 18.4 Å². The Hall–Kier alpha value is -2.57. The van der Waals surface area contributed by atoms with Crippen LogP contribution >= 0.6 is 0 Å². The Kier molecular flexibility index (Phi) is 6.09. The summed E-state index contributed by atoms with van der Waals surface area (Å²) < 4.78 is 0. The van der Waals surface area contributed by atoms with Gasteiger partial charge < -0.3 is 20.9 Å². The Bertz CT molecular complexity index is 980. The average Bonchev–Trinajstić information content (AvgIpc) is 2.76.